The van der Waals surface area contributed by atoms with Crippen molar-refractivity contribution in [1.29, 1.82) is 0 Å². The van der Waals surface area contributed by atoms with Crippen molar-refractivity contribution in [2.24, 2.45) is 17.3 Å². The summed E-state index contributed by atoms with van der Waals surface area (Å²) in [5.41, 5.74) is 0.191. The lowest BCUT2D eigenvalue weighted by Crippen LogP contribution is -2.20. The number of carboxylic acid groups (broad SMARTS) is 1. The second-order valence-electron chi connectivity index (χ2n) is 6.37. The van der Waals surface area contributed by atoms with Gasteiger partial charge < -0.3 is 10.4 Å². The van der Waals surface area contributed by atoms with Gasteiger partial charge in [-0.2, -0.15) is 9.78 Å². The molecule has 2 heterocycles. The lowest BCUT2D eigenvalue weighted by atomic mass is 10.1. The van der Waals surface area contributed by atoms with E-state index in [0.29, 0.717) is 11.6 Å². The molecule has 0 saturated heterocycles. The molecule has 0 aliphatic heterocycles. The van der Waals surface area contributed by atoms with Crippen molar-refractivity contribution in [2.75, 3.05) is 5.32 Å². The van der Waals surface area contributed by atoms with Crippen LogP contribution in [0.15, 0.2) is 30.5 Å². The van der Waals surface area contributed by atoms with Crippen molar-refractivity contribution in [2.45, 2.75) is 20.8 Å². The second-order valence-corrected chi connectivity index (χ2v) is 6.37. The van der Waals surface area contributed by atoms with Gasteiger partial charge in [0.2, 0.25) is 5.91 Å². The Balaban J connectivity index is 1.85. The van der Waals surface area contributed by atoms with Crippen LogP contribution < -0.4 is 5.32 Å². The first-order valence-electron chi connectivity index (χ1n) is 7.34. The van der Waals surface area contributed by atoms with Crippen LogP contribution in [0.4, 0.5) is 5.82 Å². The number of aryl methyl sites for hydroxylation is 1. The van der Waals surface area contributed by atoms with E-state index in [1.54, 1.807) is 42.9 Å². The Kier molecular flexibility index (Phi) is 3.43. The zero-order valence-electron chi connectivity index (χ0n) is 13.1. The summed E-state index contributed by atoms with van der Waals surface area (Å²) in [6.07, 6.45) is 1.64. The van der Waals surface area contributed by atoms with Gasteiger partial charge in [-0.05, 0) is 24.5 Å². The van der Waals surface area contributed by atoms with E-state index < -0.39 is 23.2 Å². The average molecular weight is 314 g/mol. The summed E-state index contributed by atoms with van der Waals surface area (Å²) in [5, 5.41) is 16.3. The minimum Gasteiger partial charge on any atom is -0.481 e. The third-order valence-corrected chi connectivity index (χ3v) is 4.32. The number of nitrogens with zero attached hydrogens (tertiary/aromatic N) is 3. The number of hydrogen-bond donors (Lipinski definition) is 2. The van der Waals surface area contributed by atoms with Crippen LogP contribution in [0.3, 0.4) is 0 Å². The summed E-state index contributed by atoms with van der Waals surface area (Å²) in [7, 11) is 0. The van der Waals surface area contributed by atoms with Crippen LogP contribution in [0, 0.1) is 24.2 Å². The molecule has 2 N–H and O–H groups in total. The minimum absolute atomic E-state index is 0.306. The SMILES string of the molecule is Cc1cc(NC(=O)[C@@H]2[C@@H](C(=O)O)C2(C)C)n(-c2ccccn2)n1. The fourth-order valence-corrected chi connectivity index (χ4v) is 3.03. The molecule has 2 atom stereocenters. The summed E-state index contributed by atoms with van der Waals surface area (Å²) in [5.74, 6) is -1.38. The maximum Gasteiger partial charge on any atom is 0.307 e. The summed E-state index contributed by atoms with van der Waals surface area (Å²) >= 11 is 0. The predicted molar refractivity (Wildman–Crippen MR) is 83.1 cm³/mol. The van der Waals surface area contributed by atoms with Crippen molar-refractivity contribution < 1.29 is 14.7 Å². The number of pyridine rings is 1. The lowest BCUT2D eigenvalue weighted by Gasteiger charge is -2.08. The average Bonchev–Trinajstić information content (AvgIpc) is 2.89. The molecule has 3 rings (SSSR count). The first kappa shape index (κ1) is 15.2. The third kappa shape index (κ3) is 2.58. The van der Waals surface area contributed by atoms with E-state index in [1.807, 2.05) is 13.0 Å². The quantitative estimate of drug-likeness (QED) is 0.898. The van der Waals surface area contributed by atoms with E-state index in [-0.39, 0.29) is 5.91 Å². The molecule has 0 radical (unpaired) electrons. The van der Waals surface area contributed by atoms with E-state index >= 15 is 0 Å². The number of rotatable bonds is 4. The van der Waals surface area contributed by atoms with Crippen LogP contribution in [0.1, 0.15) is 19.5 Å². The Morgan fingerprint density at radius 2 is 2.04 bits per heavy atom. The van der Waals surface area contributed by atoms with Crippen LogP contribution in [0.25, 0.3) is 5.82 Å². The molecule has 2 aromatic heterocycles. The van der Waals surface area contributed by atoms with Crippen LogP contribution >= 0.6 is 0 Å². The van der Waals surface area contributed by atoms with Gasteiger partial charge in [0.25, 0.3) is 0 Å². The first-order chi connectivity index (χ1) is 10.8. The van der Waals surface area contributed by atoms with Gasteiger partial charge in [0.05, 0.1) is 17.5 Å². The molecule has 7 nitrogen and oxygen atoms in total. The molecule has 1 aliphatic rings. The number of hydrogen-bond acceptors (Lipinski definition) is 4. The van der Waals surface area contributed by atoms with Crippen molar-refractivity contribution >= 4 is 17.7 Å². The number of nitrogens with one attached hydrogen (secondary N) is 1. The molecule has 120 valence electrons. The van der Waals surface area contributed by atoms with Gasteiger partial charge in [-0.15, -0.1) is 0 Å². The van der Waals surface area contributed by atoms with E-state index in [1.165, 1.54) is 0 Å². The summed E-state index contributed by atoms with van der Waals surface area (Å²) < 4.78 is 1.54. The molecule has 0 aromatic carbocycles. The predicted octanol–water partition coefficient (Wildman–Crippen LogP) is 1.87. The maximum atomic E-state index is 12.5. The van der Waals surface area contributed by atoms with Gasteiger partial charge in [-0.3, -0.25) is 9.59 Å². The van der Waals surface area contributed by atoms with Gasteiger partial charge in [-0.25, -0.2) is 4.98 Å². The van der Waals surface area contributed by atoms with Crippen molar-refractivity contribution in [3.63, 3.8) is 0 Å². The van der Waals surface area contributed by atoms with E-state index in [0.717, 1.165) is 5.69 Å². The Hall–Kier alpha value is -2.70. The molecule has 0 bridgehead atoms. The highest BCUT2D eigenvalue weighted by Crippen LogP contribution is 2.58. The molecule has 1 aliphatic carbocycles. The highest BCUT2D eigenvalue weighted by atomic mass is 16.4. The Labute approximate surface area is 133 Å². The van der Waals surface area contributed by atoms with Crippen molar-refractivity contribution in [1.82, 2.24) is 14.8 Å². The third-order valence-electron chi connectivity index (χ3n) is 4.32. The molecular formula is C16H18N4O3. The molecule has 1 amide bonds. The minimum atomic E-state index is -0.940. The normalized spacial score (nSPS) is 21.7. The van der Waals surface area contributed by atoms with Gasteiger partial charge in [0.15, 0.2) is 5.82 Å². The van der Waals surface area contributed by atoms with Crippen LogP contribution in [0.5, 0.6) is 0 Å². The Morgan fingerprint density at radius 1 is 1.30 bits per heavy atom. The maximum absolute atomic E-state index is 12.5. The highest BCUT2D eigenvalue weighted by molar-refractivity contribution is 5.99. The summed E-state index contributed by atoms with van der Waals surface area (Å²) in [6, 6.07) is 7.14. The highest BCUT2D eigenvalue weighted by Gasteiger charge is 2.66. The number of amides is 1. The van der Waals surface area contributed by atoms with E-state index in [9.17, 15) is 14.7 Å². The summed E-state index contributed by atoms with van der Waals surface area (Å²) in [4.78, 5) is 27.9. The summed E-state index contributed by atoms with van der Waals surface area (Å²) in [6.45, 7) is 5.39. The number of carbonyl (C=O) groups excluding carboxylic acids is 1. The zero-order chi connectivity index (χ0) is 16.8. The van der Waals surface area contributed by atoms with Crippen molar-refractivity contribution in [3.8, 4) is 5.82 Å². The number of carbonyl (C=O) groups is 2. The van der Waals surface area contributed by atoms with Crippen LogP contribution in [0.2, 0.25) is 0 Å². The Morgan fingerprint density at radius 3 is 2.61 bits per heavy atom. The first-order valence-corrected chi connectivity index (χ1v) is 7.34. The monoisotopic (exact) mass is 314 g/mol. The van der Waals surface area contributed by atoms with Gasteiger partial charge in [-0.1, -0.05) is 19.9 Å². The van der Waals surface area contributed by atoms with Crippen molar-refractivity contribution in [3.05, 3.63) is 36.2 Å². The molecule has 23 heavy (non-hydrogen) atoms. The standard InChI is InChI=1S/C16H18N4O3/c1-9-8-11(20(19-9)10-6-4-5-7-17-10)18-14(21)12-13(15(22)23)16(12,2)3/h4-8,12-13H,1-3H3,(H,18,21)(H,22,23)/t12-,13-/m0/s1. The number of aromatic nitrogens is 3. The molecule has 0 unspecified atom stereocenters. The lowest BCUT2D eigenvalue weighted by molar-refractivity contribution is -0.140. The number of aliphatic carboxylic acids is 1. The second kappa shape index (κ2) is 5.19. The zero-order valence-corrected chi connectivity index (χ0v) is 13.1. The smallest absolute Gasteiger partial charge is 0.307 e. The molecule has 1 fully saturated rings. The van der Waals surface area contributed by atoms with E-state index in [2.05, 4.69) is 15.4 Å². The molecular weight excluding hydrogens is 296 g/mol. The number of anilines is 1. The van der Waals surface area contributed by atoms with Gasteiger partial charge in [0.1, 0.15) is 5.82 Å². The fourth-order valence-electron chi connectivity index (χ4n) is 3.03. The molecule has 2 aromatic rings. The Bertz CT molecular complexity index is 767. The van der Waals surface area contributed by atoms with Crippen LogP contribution in [-0.2, 0) is 9.59 Å². The van der Waals surface area contributed by atoms with E-state index in [4.69, 9.17) is 0 Å². The van der Waals surface area contributed by atoms with Gasteiger partial charge >= 0.3 is 5.97 Å². The molecule has 7 heteroatoms. The largest absolute Gasteiger partial charge is 0.481 e. The van der Waals surface area contributed by atoms with Gasteiger partial charge in [0, 0.05) is 12.3 Å². The topological polar surface area (TPSA) is 97.1 Å². The molecule has 1 saturated carbocycles. The molecule has 0 spiro atoms. The fraction of sp³-hybridized carbons (Fsp3) is 0.375. The van der Waals surface area contributed by atoms with Crippen LogP contribution in [-0.4, -0.2) is 31.7 Å². The number of carboxylic acids is 1.